The molecule has 18 heavy (non-hydrogen) atoms. The molecule has 0 atom stereocenters. The predicted molar refractivity (Wildman–Crippen MR) is 76.8 cm³/mol. The number of nitrogens with zero attached hydrogens (tertiary/aromatic N) is 2. The van der Waals surface area contributed by atoms with Crippen molar-refractivity contribution >= 4 is 11.9 Å². The van der Waals surface area contributed by atoms with Crippen molar-refractivity contribution in [2.24, 2.45) is 4.99 Å². The first-order valence-electron chi connectivity index (χ1n) is 6.72. The normalized spacial score (nSPS) is 11.6. The zero-order chi connectivity index (χ0) is 14.0. The van der Waals surface area contributed by atoms with Crippen molar-refractivity contribution in [1.82, 2.24) is 15.5 Å². The third kappa shape index (κ3) is 7.92. The van der Waals surface area contributed by atoms with Crippen LogP contribution in [0.15, 0.2) is 4.99 Å². The fourth-order valence-corrected chi connectivity index (χ4v) is 1.57. The van der Waals surface area contributed by atoms with Crippen molar-refractivity contribution in [2.75, 3.05) is 27.2 Å². The van der Waals surface area contributed by atoms with Crippen LogP contribution < -0.4 is 10.6 Å². The third-order valence-corrected chi connectivity index (χ3v) is 2.51. The van der Waals surface area contributed by atoms with E-state index >= 15 is 0 Å². The molecule has 0 unspecified atom stereocenters. The van der Waals surface area contributed by atoms with E-state index in [2.05, 4.69) is 27.4 Å². The van der Waals surface area contributed by atoms with Crippen LogP contribution in [0.25, 0.3) is 0 Å². The second-order valence-electron chi connectivity index (χ2n) is 4.72. The summed E-state index contributed by atoms with van der Waals surface area (Å²) in [7, 11) is 3.78. The van der Waals surface area contributed by atoms with E-state index in [1.165, 1.54) is 0 Å². The summed E-state index contributed by atoms with van der Waals surface area (Å²) in [6, 6.07) is 0.198. The standard InChI is InChI=1S/C13H28N4O/c1-6-7-10-17(5)13(14-4)15-9-8-12(18)16-11(2)3/h11H,6-10H2,1-5H3,(H,14,15)(H,16,18). The Morgan fingerprint density at radius 1 is 1.39 bits per heavy atom. The average molecular weight is 256 g/mol. The molecule has 0 aromatic heterocycles. The molecule has 0 saturated heterocycles. The molecule has 0 spiro atoms. The lowest BCUT2D eigenvalue weighted by Crippen LogP contribution is -2.41. The van der Waals surface area contributed by atoms with Crippen LogP contribution in [-0.2, 0) is 4.79 Å². The summed E-state index contributed by atoms with van der Waals surface area (Å²) in [5, 5.41) is 6.06. The third-order valence-electron chi connectivity index (χ3n) is 2.51. The van der Waals surface area contributed by atoms with Gasteiger partial charge in [-0.2, -0.15) is 0 Å². The molecule has 0 aromatic carbocycles. The first kappa shape index (κ1) is 16.7. The Hall–Kier alpha value is -1.26. The minimum absolute atomic E-state index is 0.0733. The fraction of sp³-hybridized carbons (Fsp3) is 0.846. The number of aliphatic imine (C=N–C) groups is 1. The minimum Gasteiger partial charge on any atom is -0.356 e. The zero-order valence-corrected chi connectivity index (χ0v) is 12.4. The fourth-order valence-electron chi connectivity index (χ4n) is 1.57. The van der Waals surface area contributed by atoms with Crippen molar-refractivity contribution < 1.29 is 4.79 Å². The Morgan fingerprint density at radius 3 is 2.56 bits per heavy atom. The van der Waals surface area contributed by atoms with Crippen LogP contribution in [-0.4, -0.2) is 50.0 Å². The van der Waals surface area contributed by atoms with E-state index in [9.17, 15) is 4.79 Å². The van der Waals surface area contributed by atoms with Gasteiger partial charge in [-0.05, 0) is 20.3 Å². The molecule has 0 rings (SSSR count). The predicted octanol–water partition coefficient (Wildman–Crippen LogP) is 1.21. The molecule has 0 aliphatic heterocycles. The van der Waals surface area contributed by atoms with Gasteiger partial charge in [0, 0.05) is 39.6 Å². The van der Waals surface area contributed by atoms with Crippen molar-refractivity contribution in [3.63, 3.8) is 0 Å². The smallest absolute Gasteiger partial charge is 0.221 e. The van der Waals surface area contributed by atoms with Gasteiger partial charge in [0.15, 0.2) is 5.96 Å². The van der Waals surface area contributed by atoms with Crippen molar-refractivity contribution in [1.29, 1.82) is 0 Å². The van der Waals surface area contributed by atoms with Gasteiger partial charge in [0.1, 0.15) is 0 Å². The second-order valence-corrected chi connectivity index (χ2v) is 4.72. The van der Waals surface area contributed by atoms with Gasteiger partial charge in [-0.15, -0.1) is 0 Å². The zero-order valence-electron chi connectivity index (χ0n) is 12.4. The number of nitrogens with one attached hydrogen (secondary N) is 2. The number of carbonyl (C=O) groups is 1. The molecular formula is C13H28N4O. The van der Waals surface area contributed by atoms with Crippen LogP contribution in [0, 0.1) is 0 Å². The van der Waals surface area contributed by atoms with Gasteiger partial charge >= 0.3 is 0 Å². The Kier molecular flexibility index (Phi) is 9.06. The first-order valence-corrected chi connectivity index (χ1v) is 6.72. The first-order chi connectivity index (χ1) is 8.51. The monoisotopic (exact) mass is 256 g/mol. The van der Waals surface area contributed by atoms with Gasteiger partial charge < -0.3 is 15.5 Å². The molecule has 0 fully saturated rings. The number of hydrogen-bond acceptors (Lipinski definition) is 2. The van der Waals surface area contributed by atoms with Gasteiger partial charge in [0.25, 0.3) is 0 Å². The average Bonchev–Trinajstić information content (AvgIpc) is 2.30. The van der Waals surface area contributed by atoms with Crippen molar-refractivity contribution in [2.45, 2.75) is 46.1 Å². The number of carbonyl (C=O) groups excluding carboxylic acids is 1. The van der Waals surface area contributed by atoms with Crippen LogP contribution in [0.5, 0.6) is 0 Å². The van der Waals surface area contributed by atoms with Gasteiger partial charge in [-0.25, -0.2) is 0 Å². The largest absolute Gasteiger partial charge is 0.356 e. The molecule has 0 radical (unpaired) electrons. The highest BCUT2D eigenvalue weighted by Gasteiger charge is 2.06. The van der Waals surface area contributed by atoms with Crippen LogP contribution in [0.3, 0.4) is 0 Å². The Balaban J connectivity index is 3.91. The van der Waals surface area contributed by atoms with E-state index in [4.69, 9.17) is 0 Å². The summed E-state index contributed by atoms with van der Waals surface area (Å²) in [5.74, 6) is 0.921. The lowest BCUT2D eigenvalue weighted by atomic mass is 10.3. The number of unbranched alkanes of at least 4 members (excludes halogenated alkanes) is 1. The molecule has 0 bridgehead atoms. The van der Waals surface area contributed by atoms with Crippen LogP contribution in [0.1, 0.15) is 40.0 Å². The Bertz CT molecular complexity index is 264. The molecule has 2 N–H and O–H groups in total. The molecule has 106 valence electrons. The van der Waals surface area contributed by atoms with E-state index < -0.39 is 0 Å². The molecule has 1 amide bonds. The van der Waals surface area contributed by atoms with Gasteiger partial charge in [0.2, 0.25) is 5.91 Å². The number of rotatable bonds is 7. The Morgan fingerprint density at radius 2 is 2.06 bits per heavy atom. The van der Waals surface area contributed by atoms with Gasteiger partial charge in [0.05, 0.1) is 0 Å². The van der Waals surface area contributed by atoms with E-state index in [0.29, 0.717) is 13.0 Å². The summed E-state index contributed by atoms with van der Waals surface area (Å²) >= 11 is 0. The maximum absolute atomic E-state index is 11.5. The molecule has 0 aromatic rings. The quantitative estimate of drug-likeness (QED) is 0.532. The summed E-state index contributed by atoms with van der Waals surface area (Å²) in [4.78, 5) is 17.7. The van der Waals surface area contributed by atoms with E-state index in [1.807, 2.05) is 20.9 Å². The lowest BCUT2D eigenvalue weighted by Gasteiger charge is -2.21. The maximum atomic E-state index is 11.5. The van der Waals surface area contributed by atoms with Crippen LogP contribution in [0.2, 0.25) is 0 Å². The van der Waals surface area contributed by atoms with Gasteiger partial charge in [-0.3, -0.25) is 9.79 Å². The topological polar surface area (TPSA) is 56.7 Å². The molecule has 0 aliphatic rings. The minimum atomic E-state index is 0.0733. The number of hydrogen-bond donors (Lipinski definition) is 2. The second kappa shape index (κ2) is 9.74. The highest BCUT2D eigenvalue weighted by Crippen LogP contribution is 1.93. The van der Waals surface area contributed by atoms with E-state index in [-0.39, 0.29) is 11.9 Å². The lowest BCUT2D eigenvalue weighted by molar-refractivity contribution is -0.121. The SMILES string of the molecule is CCCCN(C)C(=NC)NCCC(=O)NC(C)C. The molecule has 5 nitrogen and oxygen atoms in total. The summed E-state index contributed by atoms with van der Waals surface area (Å²) in [5.41, 5.74) is 0. The Labute approximate surface area is 111 Å². The van der Waals surface area contributed by atoms with E-state index in [0.717, 1.165) is 25.3 Å². The molecule has 0 aliphatic carbocycles. The molecule has 0 heterocycles. The highest BCUT2D eigenvalue weighted by molar-refractivity contribution is 5.81. The van der Waals surface area contributed by atoms with Crippen molar-refractivity contribution in [3.05, 3.63) is 0 Å². The molecule has 0 saturated carbocycles. The van der Waals surface area contributed by atoms with Crippen molar-refractivity contribution in [3.8, 4) is 0 Å². The van der Waals surface area contributed by atoms with Crippen LogP contribution in [0.4, 0.5) is 0 Å². The molecular weight excluding hydrogens is 228 g/mol. The summed E-state index contributed by atoms with van der Waals surface area (Å²) < 4.78 is 0. The van der Waals surface area contributed by atoms with Gasteiger partial charge in [-0.1, -0.05) is 13.3 Å². The van der Waals surface area contributed by atoms with Crippen LogP contribution >= 0.6 is 0 Å². The van der Waals surface area contributed by atoms with E-state index in [1.54, 1.807) is 7.05 Å². The summed E-state index contributed by atoms with van der Waals surface area (Å²) in [6.45, 7) is 7.68. The number of guanidine groups is 1. The highest BCUT2D eigenvalue weighted by atomic mass is 16.1. The maximum Gasteiger partial charge on any atom is 0.221 e. The summed E-state index contributed by atoms with van der Waals surface area (Å²) in [6.07, 6.45) is 2.78. The number of amides is 1. The molecule has 5 heteroatoms.